The second kappa shape index (κ2) is 6.87. The molecule has 2 fully saturated rings. The van der Waals surface area contributed by atoms with Crippen LogP contribution in [0.1, 0.15) is 22.3 Å². The van der Waals surface area contributed by atoms with Crippen LogP contribution in [0.2, 0.25) is 0 Å². The van der Waals surface area contributed by atoms with Crippen molar-refractivity contribution in [2.75, 3.05) is 10.2 Å². The number of hydrogen-bond acceptors (Lipinski definition) is 5. The van der Waals surface area contributed by atoms with Gasteiger partial charge in [-0.25, -0.2) is 0 Å². The Balaban J connectivity index is 1.35. The van der Waals surface area contributed by atoms with Crippen LogP contribution in [0.15, 0.2) is 54.6 Å². The van der Waals surface area contributed by atoms with Crippen LogP contribution < -0.4 is 10.2 Å². The quantitative estimate of drug-likeness (QED) is 0.355. The lowest BCUT2D eigenvalue weighted by atomic mass is 9.85. The fourth-order valence-corrected chi connectivity index (χ4v) is 4.97. The molecule has 1 aliphatic heterocycles. The topological polar surface area (TPSA) is 110 Å². The van der Waals surface area contributed by atoms with Crippen molar-refractivity contribution in [1.29, 1.82) is 0 Å². The number of imide groups is 1. The van der Waals surface area contributed by atoms with Crippen molar-refractivity contribution in [2.45, 2.75) is 13.3 Å². The van der Waals surface area contributed by atoms with E-state index in [9.17, 15) is 24.5 Å². The number of benzene rings is 2. The Labute approximate surface area is 177 Å². The smallest absolute Gasteiger partial charge is 0.271 e. The summed E-state index contributed by atoms with van der Waals surface area (Å²) >= 11 is 0. The SMILES string of the molecule is Cc1ccc([N+](=O)[O-])cc1NC(=O)c1ccc(N2C(=O)[C@@H]3[C@@H](C2=O)[C@@H]2C=C[C@@H]3C2)cc1. The van der Waals surface area contributed by atoms with E-state index in [1.807, 2.05) is 12.2 Å². The Morgan fingerprint density at radius 2 is 1.65 bits per heavy atom. The normalized spacial score (nSPS) is 25.8. The van der Waals surface area contributed by atoms with E-state index in [2.05, 4.69) is 5.32 Å². The van der Waals surface area contributed by atoms with Crippen molar-refractivity contribution in [3.05, 3.63) is 75.9 Å². The number of allylic oxidation sites excluding steroid dienone is 2. The minimum atomic E-state index is -0.523. The minimum Gasteiger partial charge on any atom is -0.321 e. The molecule has 3 amide bonds. The Kier molecular flexibility index (Phi) is 4.25. The number of nitrogens with zero attached hydrogens (tertiary/aromatic N) is 2. The summed E-state index contributed by atoms with van der Waals surface area (Å²) in [5.74, 6) is -1.05. The molecule has 1 saturated carbocycles. The number of rotatable bonds is 4. The van der Waals surface area contributed by atoms with Gasteiger partial charge in [-0.15, -0.1) is 0 Å². The van der Waals surface area contributed by atoms with Crippen LogP contribution in [0.25, 0.3) is 0 Å². The third kappa shape index (κ3) is 2.94. The molecule has 3 aliphatic rings. The van der Waals surface area contributed by atoms with Gasteiger partial charge < -0.3 is 5.32 Å². The number of aryl methyl sites for hydroxylation is 1. The number of carbonyl (C=O) groups excluding carboxylic acids is 3. The van der Waals surface area contributed by atoms with Crippen molar-refractivity contribution >= 4 is 34.8 Å². The third-order valence-corrected chi connectivity index (χ3v) is 6.54. The first kappa shape index (κ1) is 19.2. The van der Waals surface area contributed by atoms with Gasteiger partial charge in [-0.05, 0) is 55.0 Å². The highest BCUT2D eigenvalue weighted by Crippen LogP contribution is 2.53. The zero-order valence-corrected chi connectivity index (χ0v) is 16.6. The highest BCUT2D eigenvalue weighted by molar-refractivity contribution is 6.23. The van der Waals surface area contributed by atoms with E-state index < -0.39 is 10.8 Å². The van der Waals surface area contributed by atoms with E-state index in [0.29, 0.717) is 22.5 Å². The molecule has 2 bridgehead atoms. The Bertz CT molecular complexity index is 1140. The molecule has 0 radical (unpaired) electrons. The molecule has 8 heteroatoms. The number of fused-ring (bicyclic) bond motifs is 5. The number of nitro benzene ring substituents is 1. The van der Waals surface area contributed by atoms with E-state index in [4.69, 9.17) is 0 Å². The van der Waals surface area contributed by atoms with E-state index in [1.54, 1.807) is 37.3 Å². The van der Waals surface area contributed by atoms with E-state index in [0.717, 1.165) is 6.42 Å². The molecule has 156 valence electrons. The molecule has 8 nitrogen and oxygen atoms in total. The lowest BCUT2D eigenvalue weighted by Gasteiger charge is -2.17. The molecule has 1 heterocycles. The first-order valence-electron chi connectivity index (χ1n) is 10.1. The van der Waals surface area contributed by atoms with Gasteiger partial charge in [0.05, 0.1) is 28.1 Å². The number of amides is 3. The molecule has 31 heavy (non-hydrogen) atoms. The standard InChI is InChI=1S/C23H19N3O5/c1-12-2-7-17(26(30)31)11-18(12)24-21(27)13-5-8-16(9-6-13)25-22(28)19-14-3-4-15(10-14)20(19)23(25)29/h2-9,11,14-15,19-20H,10H2,1H3,(H,24,27)/t14-,15-,19+,20+/m1/s1. The minimum absolute atomic E-state index is 0.115. The maximum Gasteiger partial charge on any atom is 0.271 e. The van der Waals surface area contributed by atoms with Gasteiger partial charge >= 0.3 is 0 Å². The van der Waals surface area contributed by atoms with Gasteiger partial charge in [0.25, 0.3) is 11.6 Å². The van der Waals surface area contributed by atoms with Crippen molar-refractivity contribution in [3.63, 3.8) is 0 Å². The lowest BCUT2D eigenvalue weighted by molar-refractivity contribution is -0.384. The van der Waals surface area contributed by atoms with Crippen molar-refractivity contribution < 1.29 is 19.3 Å². The number of carbonyl (C=O) groups is 3. The summed E-state index contributed by atoms with van der Waals surface area (Å²) in [6.07, 6.45) is 4.96. The fraction of sp³-hybridized carbons (Fsp3) is 0.261. The number of non-ortho nitro benzene ring substituents is 1. The number of anilines is 2. The summed E-state index contributed by atoms with van der Waals surface area (Å²) < 4.78 is 0. The average Bonchev–Trinajstić information content (AvgIpc) is 3.43. The van der Waals surface area contributed by atoms with Gasteiger partial charge in [0, 0.05) is 17.7 Å². The number of nitro groups is 1. The number of nitrogens with one attached hydrogen (secondary N) is 1. The van der Waals surface area contributed by atoms with Crippen molar-refractivity contribution in [1.82, 2.24) is 0 Å². The van der Waals surface area contributed by atoms with Gasteiger partial charge in [0.15, 0.2) is 0 Å². The largest absolute Gasteiger partial charge is 0.321 e. The van der Waals surface area contributed by atoms with E-state index >= 15 is 0 Å². The van der Waals surface area contributed by atoms with Gasteiger partial charge in [-0.2, -0.15) is 0 Å². The maximum absolute atomic E-state index is 12.9. The van der Waals surface area contributed by atoms with Crippen LogP contribution >= 0.6 is 0 Å². The van der Waals surface area contributed by atoms with Crippen molar-refractivity contribution in [3.8, 4) is 0 Å². The van der Waals surface area contributed by atoms with Gasteiger partial charge in [-0.3, -0.25) is 29.4 Å². The zero-order valence-electron chi connectivity index (χ0n) is 16.6. The highest BCUT2D eigenvalue weighted by Gasteiger charge is 2.59. The van der Waals surface area contributed by atoms with Crippen LogP contribution in [-0.4, -0.2) is 22.6 Å². The first-order valence-corrected chi connectivity index (χ1v) is 10.1. The molecule has 0 spiro atoms. The molecule has 2 aromatic carbocycles. The molecule has 0 aromatic heterocycles. The Hall–Kier alpha value is -3.81. The summed E-state index contributed by atoms with van der Waals surface area (Å²) in [5, 5.41) is 13.7. The molecule has 2 aliphatic carbocycles. The number of hydrogen-bond donors (Lipinski definition) is 1. The van der Waals surface area contributed by atoms with Crippen LogP contribution in [0.4, 0.5) is 17.1 Å². The van der Waals surface area contributed by atoms with Crippen LogP contribution in [0, 0.1) is 40.7 Å². The predicted octanol–water partition coefficient (Wildman–Crippen LogP) is 3.47. The second-order valence-corrected chi connectivity index (χ2v) is 8.27. The predicted molar refractivity (Wildman–Crippen MR) is 112 cm³/mol. The Morgan fingerprint density at radius 1 is 1.03 bits per heavy atom. The van der Waals surface area contributed by atoms with Gasteiger partial charge in [-0.1, -0.05) is 18.2 Å². The molecular formula is C23H19N3O5. The maximum atomic E-state index is 12.9. The molecule has 4 atom stereocenters. The zero-order chi connectivity index (χ0) is 21.9. The summed E-state index contributed by atoms with van der Waals surface area (Å²) in [6.45, 7) is 1.74. The highest BCUT2D eigenvalue weighted by atomic mass is 16.6. The second-order valence-electron chi connectivity index (χ2n) is 8.27. The fourth-order valence-electron chi connectivity index (χ4n) is 4.97. The molecule has 2 aromatic rings. The van der Waals surface area contributed by atoms with Crippen LogP contribution in [0.3, 0.4) is 0 Å². The lowest BCUT2D eigenvalue weighted by Crippen LogP contribution is -2.32. The molecule has 0 unspecified atom stereocenters. The average molecular weight is 417 g/mol. The van der Waals surface area contributed by atoms with Crippen LogP contribution in [-0.2, 0) is 9.59 Å². The Morgan fingerprint density at radius 3 is 2.23 bits per heavy atom. The summed E-state index contributed by atoms with van der Waals surface area (Å²) in [4.78, 5) is 50.1. The summed E-state index contributed by atoms with van der Waals surface area (Å²) in [7, 11) is 0. The van der Waals surface area contributed by atoms with E-state index in [-0.39, 0.29) is 41.2 Å². The molecule has 5 rings (SSSR count). The van der Waals surface area contributed by atoms with Gasteiger partial charge in [0.2, 0.25) is 11.8 Å². The van der Waals surface area contributed by atoms with Gasteiger partial charge in [0.1, 0.15) is 0 Å². The molecular weight excluding hydrogens is 398 g/mol. The summed E-state index contributed by atoms with van der Waals surface area (Å²) in [5.41, 5.74) is 1.70. The van der Waals surface area contributed by atoms with Crippen molar-refractivity contribution in [2.24, 2.45) is 23.7 Å². The van der Waals surface area contributed by atoms with Crippen LogP contribution in [0.5, 0.6) is 0 Å². The molecule has 1 saturated heterocycles. The monoisotopic (exact) mass is 417 g/mol. The molecule has 1 N–H and O–H groups in total. The summed E-state index contributed by atoms with van der Waals surface area (Å²) in [6, 6.07) is 10.5. The third-order valence-electron chi connectivity index (χ3n) is 6.54. The van der Waals surface area contributed by atoms with E-state index in [1.165, 1.54) is 17.0 Å². The first-order chi connectivity index (χ1) is 14.8.